The molecule has 1 aromatic carbocycles. The molecule has 0 bridgehead atoms. The number of halogens is 1. The van der Waals surface area contributed by atoms with Gasteiger partial charge in [-0.25, -0.2) is 21.9 Å². The van der Waals surface area contributed by atoms with E-state index < -0.39 is 10.0 Å². The van der Waals surface area contributed by atoms with Crippen LogP contribution >= 0.6 is 11.3 Å². The molecule has 3 rings (SSSR count). The number of anilines is 2. The van der Waals surface area contributed by atoms with E-state index in [1.807, 2.05) is 0 Å². The second kappa shape index (κ2) is 9.11. The number of hydrogen-bond donors (Lipinski definition) is 2. The van der Waals surface area contributed by atoms with Crippen LogP contribution in [0.2, 0.25) is 0 Å². The highest BCUT2D eigenvalue weighted by Crippen LogP contribution is 2.28. The molecule has 3 amide bonds. The van der Waals surface area contributed by atoms with E-state index in [-0.39, 0.29) is 34.4 Å². The highest BCUT2D eigenvalue weighted by molar-refractivity contribution is 7.91. The highest BCUT2D eigenvalue weighted by atomic mass is 32.2. The van der Waals surface area contributed by atoms with Crippen molar-refractivity contribution in [2.45, 2.75) is 17.1 Å². The first-order valence-corrected chi connectivity index (χ1v) is 11.6. The topological polar surface area (TPSA) is 98.8 Å². The fourth-order valence-corrected chi connectivity index (χ4v) is 5.41. The van der Waals surface area contributed by atoms with Gasteiger partial charge in [-0.3, -0.25) is 10.1 Å². The number of rotatable bonds is 5. The second-order valence-electron chi connectivity index (χ2n) is 7.12. The molecule has 1 aromatic heterocycles. The van der Waals surface area contributed by atoms with E-state index in [4.69, 9.17) is 0 Å². The van der Waals surface area contributed by atoms with Gasteiger partial charge >= 0.3 is 6.03 Å². The van der Waals surface area contributed by atoms with E-state index >= 15 is 0 Å². The fourth-order valence-electron chi connectivity index (χ4n) is 3.04. The zero-order chi connectivity index (χ0) is 21.9. The van der Waals surface area contributed by atoms with Gasteiger partial charge < -0.3 is 10.2 Å². The van der Waals surface area contributed by atoms with Crippen LogP contribution in [0.25, 0.3) is 0 Å². The standard InChI is InChI=1S/C19H23FN4O4S2/c1-23(2)30(27,28)17-10-9-16(29-17)22-19(26)24-11-3-4-13(12-24)18(25)21-15-7-5-14(20)6-8-15/h5-10,13H,3-4,11-12H2,1-2H3,(H,21,25)(H,22,26)/t13-/m0/s1. The maximum atomic E-state index is 13.0. The maximum absolute atomic E-state index is 13.0. The summed E-state index contributed by atoms with van der Waals surface area (Å²) in [6.45, 7) is 0.744. The normalized spacial score (nSPS) is 17.1. The molecule has 1 saturated heterocycles. The summed E-state index contributed by atoms with van der Waals surface area (Å²) in [5.41, 5.74) is 0.496. The van der Waals surface area contributed by atoms with Gasteiger partial charge in [0.15, 0.2) is 0 Å². The average molecular weight is 455 g/mol. The van der Waals surface area contributed by atoms with E-state index in [2.05, 4.69) is 10.6 Å². The molecule has 0 aliphatic carbocycles. The predicted molar refractivity (Wildman–Crippen MR) is 114 cm³/mol. The number of urea groups is 1. The minimum atomic E-state index is -3.56. The SMILES string of the molecule is CN(C)S(=O)(=O)c1ccc(NC(=O)N2CCC[C@H](C(=O)Nc3ccc(F)cc3)C2)s1. The largest absolute Gasteiger partial charge is 0.326 e. The number of sulfonamides is 1. The van der Waals surface area contributed by atoms with E-state index in [0.717, 1.165) is 15.6 Å². The summed E-state index contributed by atoms with van der Waals surface area (Å²) in [4.78, 5) is 26.7. The summed E-state index contributed by atoms with van der Waals surface area (Å²) in [6.07, 6.45) is 1.31. The molecule has 30 heavy (non-hydrogen) atoms. The van der Waals surface area contributed by atoms with Crippen molar-refractivity contribution in [3.63, 3.8) is 0 Å². The molecule has 1 aliphatic heterocycles. The van der Waals surface area contributed by atoms with Crippen LogP contribution in [-0.4, -0.2) is 56.7 Å². The lowest BCUT2D eigenvalue weighted by Gasteiger charge is -2.31. The molecule has 0 saturated carbocycles. The molecule has 0 spiro atoms. The van der Waals surface area contributed by atoms with Gasteiger partial charge in [0.1, 0.15) is 10.0 Å². The van der Waals surface area contributed by atoms with E-state index in [1.54, 1.807) is 6.07 Å². The number of carbonyl (C=O) groups excluding carboxylic acids is 2. The number of amides is 3. The minimum Gasteiger partial charge on any atom is -0.326 e. The lowest BCUT2D eigenvalue weighted by molar-refractivity contribution is -0.121. The lowest BCUT2D eigenvalue weighted by atomic mass is 9.97. The van der Waals surface area contributed by atoms with Gasteiger partial charge in [0, 0.05) is 32.9 Å². The van der Waals surface area contributed by atoms with Crippen molar-refractivity contribution in [2.75, 3.05) is 37.8 Å². The van der Waals surface area contributed by atoms with Gasteiger partial charge in [-0.2, -0.15) is 0 Å². The zero-order valence-electron chi connectivity index (χ0n) is 16.6. The Morgan fingerprint density at radius 1 is 1.13 bits per heavy atom. The van der Waals surface area contributed by atoms with Crippen molar-refractivity contribution >= 4 is 44.0 Å². The highest BCUT2D eigenvalue weighted by Gasteiger charge is 2.29. The molecule has 1 fully saturated rings. The molecule has 11 heteroatoms. The number of piperidine rings is 1. The van der Waals surface area contributed by atoms with Crippen LogP contribution in [0.3, 0.4) is 0 Å². The molecular formula is C19H23FN4O4S2. The molecule has 2 N–H and O–H groups in total. The number of carbonyl (C=O) groups is 2. The Balaban J connectivity index is 1.60. The Hall–Kier alpha value is -2.50. The Morgan fingerprint density at radius 3 is 2.50 bits per heavy atom. The Labute approximate surface area is 178 Å². The maximum Gasteiger partial charge on any atom is 0.322 e. The molecule has 162 valence electrons. The summed E-state index contributed by atoms with van der Waals surface area (Å²) < 4.78 is 38.6. The van der Waals surface area contributed by atoms with Crippen LogP contribution in [0.15, 0.2) is 40.6 Å². The van der Waals surface area contributed by atoms with Gasteiger partial charge in [0.25, 0.3) is 10.0 Å². The van der Waals surface area contributed by atoms with Gasteiger partial charge in [0.2, 0.25) is 5.91 Å². The first kappa shape index (κ1) is 22.2. The van der Waals surface area contributed by atoms with Crippen molar-refractivity contribution in [1.82, 2.24) is 9.21 Å². The Kier molecular flexibility index (Phi) is 6.74. The van der Waals surface area contributed by atoms with Gasteiger partial charge in [-0.1, -0.05) is 0 Å². The molecule has 1 aliphatic rings. The average Bonchev–Trinajstić information content (AvgIpc) is 3.19. The van der Waals surface area contributed by atoms with Gasteiger partial charge in [-0.05, 0) is 49.2 Å². The summed E-state index contributed by atoms with van der Waals surface area (Å²) in [7, 11) is -0.673. The minimum absolute atomic E-state index is 0.137. The molecule has 1 atom stereocenters. The van der Waals surface area contributed by atoms with Crippen LogP contribution in [-0.2, 0) is 14.8 Å². The fraction of sp³-hybridized carbons (Fsp3) is 0.368. The number of benzene rings is 1. The summed E-state index contributed by atoms with van der Waals surface area (Å²) in [5.74, 6) is -0.999. The quantitative estimate of drug-likeness (QED) is 0.726. The second-order valence-corrected chi connectivity index (χ2v) is 10.6. The number of hydrogen-bond acceptors (Lipinski definition) is 5. The van der Waals surface area contributed by atoms with Crippen LogP contribution in [0.1, 0.15) is 12.8 Å². The summed E-state index contributed by atoms with van der Waals surface area (Å²) in [5, 5.41) is 5.87. The van der Waals surface area contributed by atoms with E-state index in [0.29, 0.717) is 30.1 Å². The van der Waals surface area contributed by atoms with Crippen molar-refractivity contribution in [3.05, 3.63) is 42.2 Å². The smallest absolute Gasteiger partial charge is 0.322 e. The van der Waals surface area contributed by atoms with Crippen molar-refractivity contribution in [2.24, 2.45) is 5.92 Å². The molecular weight excluding hydrogens is 431 g/mol. The van der Waals surface area contributed by atoms with Crippen LogP contribution in [0.5, 0.6) is 0 Å². The number of thiophene rings is 1. The molecule has 8 nitrogen and oxygen atoms in total. The van der Waals surface area contributed by atoms with Crippen LogP contribution < -0.4 is 10.6 Å². The number of nitrogens with one attached hydrogen (secondary N) is 2. The number of nitrogens with zero attached hydrogens (tertiary/aromatic N) is 2. The van der Waals surface area contributed by atoms with Crippen molar-refractivity contribution in [3.8, 4) is 0 Å². The third-order valence-corrected chi connectivity index (χ3v) is 8.02. The van der Waals surface area contributed by atoms with Crippen LogP contribution in [0, 0.1) is 11.7 Å². The van der Waals surface area contributed by atoms with Crippen molar-refractivity contribution < 1.29 is 22.4 Å². The van der Waals surface area contributed by atoms with Gasteiger partial charge in [0.05, 0.1) is 10.9 Å². The first-order valence-electron chi connectivity index (χ1n) is 9.31. The number of likely N-dealkylation sites (tertiary alicyclic amines) is 1. The van der Waals surface area contributed by atoms with Gasteiger partial charge in [-0.15, -0.1) is 11.3 Å². The predicted octanol–water partition coefficient (Wildman–Crippen LogP) is 3.02. The Morgan fingerprint density at radius 2 is 1.83 bits per heavy atom. The molecule has 2 heterocycles. The summed E-state index contributed by atoms with van der Waals surface area (Å²) >= 11 is 0.972. The monoisotopic (exact) mass is 454 g/mol. The molecule has 0 radical (unpaired) electrons. The van der Waals surface area contributed by atoms with Crippen molar-refractivity contribution in [1.29, 1.82) is 0 Å². The lowest BCUT2D eigenvalue weighted by Crippen LogP contribution is -2.45. The first-order chi connectivity index (χ1) is 14.2. The van der Waals surface area contributed by atoms with E-state index in [9.17, 15) is 22.4 Å². The zero-order valence-corrected chi connectivity index (χ0v) is 18.2. The third-order valence-electron chi connectivity index (χ3n) is 4.74. The van der Waals surface area contributed by atoms with Crippen LogP contribution in [0.4, 0.5) is 19.9 Å². The molecule has 0 unspecified atom stereocenters. The van der Waals surface area contributed by atoms with E-state index in [1.165, 1.54) is 49.3 Å². The Bertz CT molecular complexity index is 1020. The third kappa shape index (κ3) is 5.15. The summed E-state index contributed by atoms with van der Waals surface area (Å²) in [6, 6.07) is 8.11. The molecule has 2 aromatic rings.